The summed E-state index contributed by atoms with van der Waals surface area (Å²) in [6, 6.07) is 5.65. The van der Waals surface area contributed by atoms with Gasteiger partial charge in [-0.3, -0.25) is 4.99 Å². The van der Waals surface area contributed by atoms with Crippen molar-refractivity contribution in [2.45, 2.75) is 33.1 Å². The second-order valence-corrected chi connectivity index (χ2v) is 6.57. The lowest BCUT2D eigenvalue weighted by molar-refractivity contribution is 0.246. The molecule has 24 heavy (non-hydrogen) atoms. The van der Waals surface area contributed by atoms with Gasteiger partial charge in [0.2, 0.25) is 0 Å². The zero-order chi connectivity index (χ0) is 17.4. The van der Waals surface area contributed by atoms with Crippen LogP contribution in [-0.2, 0) is 0 Å². The van der Waals surface area contributed by atoms with Crippen LogP contribution in [0.2, 0.25) is 0 Å². The van der Waals surface area contributed by atoms with E-state index in [0.717, 1.165) is 36.4 Å². The predicted molar refractivity (Wildman–Crippen MR) is 96.8 cm³/mol. The zero-order valence-corrected chi connectivity index (χ0v) is 14.6. The molecule has 1 heterocycles. The lowest BCUT2D eigenvalue weighted by atomic mass is 9.94. The Kier molecular flexibility index (Phi) is 7.18. The maximum atomic E-state index is 9.16. The Labute approximate surface area is 144 Å². The Morgan fingerprint density at radius 2 is 2.04 bits per heavy atom. The lowest BCUT2D eigenvalue weighted by Crippen LogP contribution is -2.24. The molecule has 0 aromatic heterocycles. The van der Waals surface area contributed by atoms with E-state index >= 15 is 0 Å². The molecule has 0 radical (unpaired) electrons. The molecule has 1 aromatic carbocycles. The Morgan fingerprint density at radius 1 is 1.29 bits per heavy atom. The third-order valence-electron chi connectivity index (χ3n) is 3.88. The third-order valence-corrected chi connectivity index (χ3v) is 3.88. The first kappa shape index (κ1) is 18.4. The first-order valence-corrected chi connectivity index (χ1v) is 8.66. The normalized spacial score (nSPS) is 15.9. The molecule has 2 rings (SSSR count). The molecule has 4 N–H and O–H groups in total. The number of benzene rings is 1. The van der Waals surface area contributed by atoms with Gasteiger partial charge in [0.05, 0.1) is 13.2 Å². The number of rotatable bonds is 7. The number of hydrogen-bond donors (Lipinski definition) is 3. The highest BCUT2D eigenvalue weighted by atomic mass is 16.5. The smallest absolute Gasteiger partial charge is 0.193 e. The molecular formula is C18H29N3O3. The molecule has 0 fully saturated rings. The van der Waals surface area contributed by atoms with Gasteiger partial charge in [-0.15, -0.1) is 0 Å². The summed E-state index contributed by atoms with van der Waals surface area (Å²) in [6.45, 7) is 6.47. The molecule has 0 amide bonds. The van der Waals surface area contributed by atoms with E-state index in [1.807, 2.05) is 18.2 Å². The fraction of sp³-hybridized carbons (Fsp3) is 0.611. The molecule has 0 aliphatic carbocycles. The molecule has 0 saturated heterocycles. The third kappa shape index (κ3) is 5.92. The maximum absolute atomic E-state index is 9.16. The summed E-state index contributed by atoms with van der Waals surface area (Å²) in [5, 5.41) is 12.3. The number of nitrogens with two attached hydrogens (primary N) is 1. The molecule has 1 unspecified atom stereocenters. The number of aliphatic imine (C=N–C) groups is 1. The number of nitrogens with zero attached hydrogens (tertiary/aromatic N) is 1. The summed E-state index contributed by atoms with van der Waals surface area (Å²) in [6.07, 6.45) is 2.66. The Balaban J connectivity index is 1.95. The number of hydrogen-bond acceptors (Lipinski definition) is 4. The standard InChI is InChI=1S/C18H29N3O3/c1-13(2)10-14(6-7-22)12-20-18(19)21-15-4-5-16-17(11-15)24-9-3-8-23-16/h4-5,11,13-14,22H,3,6-10,12H2,1-2H3,(H3,19,20,21). The molecule has 0 bridgehead atoms. The summed E-state index contributed by atoms with van der Waals surface area (Å²) < 4.78 is 11.3. The molecular weight excluding hydrogens is 306 g/mol. The van der Waals surface area contributed by atoms with Gasteiger partial charge < -0.3 is 25.6 Å². The fourth-order valence-corrected chi connectivity index (χ4v) is 2.79. The van der Waals surface area contributed by atoms with Gasteiger partial charge in [-0.25, -0.2) is 0 Å². The molecule has 0 spiro atoms. The quantitative estimate of drug-likeness (QED) is 0.526. The van der Waals surface area contributed by atoms with Crippen LogP contribution in [0.4, 0.5) is 5.69 Å². The van der Waals surface area contributed by atoms with Crippen LogP contribution in [0.1, 0.15) is 33.1 Å². The number of aliphatic hydroxyl groups excluding tert-OH is 1. The number of guanidine groups is 1. The van der Waals surface area contributed by atoms with Crippen molar-refractivity contribution in [3.05, 3.63) is 18.2 Å². The Morgan fingerprint density at radius 3 is 2.75 bits per heavy atom. The van der Waals surface area contributed by atoms with Crippen molar-refractivity contribution in [1.82, 2.24) is 0 Å². The molecule has 6 nitrogen and oxygen atoms in total. The van der Waals surface area contributed by atoms with Gasteiger partial charge in [0.25, 0.3) is 0 Å². The van der Waals surface area contributed by atoms with Gasteiger partial charge in [0.1, 0.15) is 0 Å². The molecule has 6 heteroatoms. The van der Waals surface area contributed by atoms with Crippen LogP contribution in [-0.4, -0.2) is 37.4 Å². The van der Waals surface area contributed by atoms with Crippen LogP contribution in [0, 0.1) is 11.8 Å². The maximum Gasteiger partial charge on any atom is 0.193 e. The van der Waals surface area contributed by atoms with Crippen molar-refractivity contribution in [3.63, 3.8) is 0 Å². The average molecular weight is 335 g/mol. The SMILES string of the molecule is CC(C)CC(CCO)CN=C(N)Nc1ccc2c(c1)OCCCO2. The van der Waals surface area contributed by atoms with E-state index in [0.29, 0.717) is 37.6 Å². The van der Waals surface area contributed by atoms with Crippen molar-refractivity contribution in [1.29, 1.82) is 0 Å². The Bertz CT molecular complexity index is 546. The lowest BCUT2D eigenvalue weighted by Gasteiger charge is -2.16. The van der Waals surface area contributed by atoms with Crippen LogP contribution >= 0.6 is 0 Å². The van der Waals surface area contributed by atoms with Gasteiger partial charge >= 0.3 is 0 Å². The highest BCUT2D eigenvalue weighted by molar-refractivity contribution is 5.92. The summed E-state index contributed by atoms with van der Waals surface area (Å²) in [7, 11) is 0. The number of fused-ring (bicyclic) bond motifs is 1. The molecule has 1 aliphatic rings. The van der Waals surface area contributed by atoms with Crippen molar-refractivity contribution in [2.24, 2.45) is 22.6 Å². The van der Waals surface area contributed by atoms with Crippen LogP contribution in [0.25, 0.3) is 0 Å². The minimum absolute atomic E-state index is 0.183. The molecule has 1 atom stereocenters. The fourth-order valence-electron chi connectivity index (χ4n) is 2.79. The van der Waals surface area contributed by atoms with Gasteiger partial charge in [-0.05, 0) is 36.8 Å². The van der Waals surface area contributed by atoms with Crippen LogP contribution in [0.15, 0.2) is 23.2 Å². The van der Waals surface area contributed by atoms with Gasteiger partial charge in [0, 0.05) is 31.3 Å². The highest BCUT2D eigenvalue weighted by Gasteiger charge is 2.12. The first-order chi connectivity index (χ1) is 11.6. The molecule has 1 aliphatic heterocycles. The van der Waals surface area contributed by atoms with E-state index < -0.39 is 0 Å². The number of anilines is 1. The summed E-state index contributed by atoms with van der Waals surface area (Å²) in [4.78, 5) is 4.42. The van der Waals surface area contributed by atoms with Crippen molar-refractivity contribution in [3.8, 4) is 11.5 Å². The molecule has 0 saturated carbocycles. The van der Waals surface area contributed by atoms with Crippen LogP contribution < -0.4 is 20.5 Å². The monoisotopic (exact) mass is 335 g/mol. The average Bonchev–Trinajstić information content (AvgIpc) is 2.77. The van der Waals surface area contributed by atoms with Crippen LogP contribution in [0.5, 0.6) is 11.5 Å². The van der Waals surface area contributed by atoms with Gasteiger partial charge in [-0.2, -0.15) is 0 Å². The van der Waals surface area contributed by atoms with E-state index in [9.17, 15) is 0 Å². The highest BCUT2D eigenvalue weighted by Crippen LogP contribution is 2.32. The van der Waals surface area contributed by atoms with E-state index in [1.54, 1.807) is 0 Å². The van der Waals surface area contributed by atoms with Crippen molar-refractivity contribution < 1.29 is 14.6 Å². The van der Waals surface area contributed by atoms with Crippen molar-refractivity contribution >= 4 is 11.6 Å². The zero-order valence-electron chi connectivity index (χ0n) is 14.6. The summed E-state index contributed by atoms with van der Waals surface area (Å²) in [5.41, 5.74) is 6.81. The molecule has 1 aromatic rings. The van der Waals surface area contributed by atoms with Gasteiger partial charge in [0.15, 0.2) is 17.5 Å². The van der Waals surface area contributed by atoms with E-state index in [1.165, 1.54) is 0 Å². The minimum atomic E-state index is 0.183. The summed E-state index contributed by atoms with van der Waals surface area (Å²) in [5.74, 6) is 2.78. The Hall–Kier alpha value is -1.95. The van der Waals surface area contributed by atoms with Gasteiger partial charge in [-0.1, -0.05) is 13.8 Å². The minimum Gasteiger partial charge on any atom is -0.490 e. The second-order valence-electron chi connectivity index (χ2n) is 6.57. The summed E-state index contributed by atoms with van der Waals surface area (Å²) >= 11 is 0. The topological polar surface area (TPSA) is 89.1 Å². The van der Waals surface area contributed by atoms with E-state index in [4.69, 9.17) is 20.3 Å². The number of aliphatic hydroxyl groups is 1. The largest absolute Gasteiger partial charge is 0.490 e. The predicted octanol–water partition coefficient (Wildman–Crippen LogP) is 2.62. The van der Waals surface area contributed by atoms with E-state index in [-0.39, 0.29) is 6.61 Å². The molecule has 134 valence electrons. The second kappa shape index (κ2) is 9.37. The van der Waals surface area contributed by atoms with Crippen molar-refractivity contribution in [2.75, 3.05) is 31.7 Å². The first-order valence-electron chi connectivity index (χ1n) is 8.66. The number of nitrogens with one attached hydrogen (secondary N) is 1. The van der Waals surface area contributed by atoms with Crippen LogP contribution in [0.3, 0.4) is 0 Å². The van der Waals surface area contributed by atoms with E-state index in [2.05, 4.69) is 24.2 Å². The number of ether oxygens (including phenoxy) is 2.